The topological polar surface area (TPSA) is 92.7 Å². The van der Waals surface area contributed by atoms with E-state index in [0.717, 1.165) is 0 Å². The molecular weight excluding hydrogens is 251 g/mol. The third-order valence-corrected chi connectivity index (χ3v) is 1.69. The fourth-order valence-corrected chi connectivity index (χ4v) is 0.862. The summed E-state index contributed by atoms with van der Waals surface area (Å²) < 4.78 is 9.37. The first kappa shape index (κ1) is 19.5. The van der Waals surface area contributed by atoms with Crippen LogP contribution >= 0.6 is 0 Å². The molecular formula is C11H15NaO6. The minimum absolute atomic E-state index is 0. The Morgan fingerprint density at radius 2 is 1.67 bits per heavy atom. The van der Waals surface area contributed by atoms with Crippen molar-refractivity contribution in [2.45, 2.75) is 26.2 Å². The first-order chi connectivity index (χ1) is 7.93. The predicted octanol–water partition coefficient (Wildman–Crippen LogP) is -3.43. The summed E-state index contributed by atoms with van der Waals surface area (Å²) in [6.07, 6.45) is -0.00508. The second-order valence-electron chi connectivity index (χ2n) is 3.36. The number of carboxylic acids is 1. The molecule has 0 unspecified atom stereocenters. The van der Waals surface area contributed by atoms with Crippen molar-refractivity contribution in [3.8, 4) is 0 Å². The number of aliphatic carboxylic acids is 1. The summed E-state index contributed by atoms with van der Waals surface area (Å²) in [6, 6.07) is 0. The zero-order valence-corrected chi connectivity index (χ0v) is 12.7. The zero-order chi connectivity index (χ0) is 13.3. The molecule has 0 aromatic heterocycles. The fourth-order valence-electron chi connectivity index (χ4n) is 0.862. The maximum absolute atomic E-state index is 11.0. The Balaban J connectivity index is 0. The van der Waals surface area contributed by atoms with Gasteiger partial charge >= 0.3 is 41.5 Å². The van der Waals surface area contributed by atoms with E-state index in [0.29, 0.717) is 0 Å². The number of rotatable bonds is 8. The van der Waals surface area contributed by atoms with Crippen molar-refractivity contribution in [3.63, 3.8) is 0 Å². The molecule has 0 atom stereocenters. The van der Waals surface area contributed by atoms with E-state index in [4.69, 9.17) is 4.74 Å². The van der Waals surface area contributed by atoms with Gasteiger partial charge in [0.1, 0.15) is 13.2 Å². The van der Waals surface area contributed by atoms with Crippen molar-refractivity contribution in [1.29, 1.82) is 0 Å². The number of esters is 2. The van der Waals surface area contributed by atoms with Gasteiger partial charge in [-0.2, -0.15) is 0 Å². The first-order valence-corrected chi connectivity index (χ1v) is 5.11. The number of ether oxygens (including phenoxy) is 2. The van der Waals surface area contributed by atoms with Crippen LogP contribution in [0.25, 0.3) is 0 Å². The second-order valence-corrected chi connectivity index (χ2v) is 3.36. The van der Waals surface area contributed by atoms with E-state index in [1.807, 2.05) is 0 Å². The van der Waals surface area contributed by atoms with Gasteiger partial charge in [0.25, 0.3) is 0 Å². The van der Waals surface area contributed by atoms with Crippen LogP contribution < -0.4 is 34.7 Å². The van der Waals surface area contributed by atoms with Gasteiger partial charge in [-0.3, -0.25) is 4.79 Å². The van der Waals surface area contributed by atoms with Crippen molar-refractivity contribution in [2.24, 2.45) is 0 Å². The smallest absolute Gasteiger partial charge is 0.550 e. The summed E-state index contributed by atoms with van der Waals surface area (Å²) in [7, 11) is 0. The summed E-state index contributed by atoms with van der Waals surface area (Å²) in [5.41, 5.74) is 0.269. The SMILES string of the molecule is C=C(C)C(=O)OCCOC(=O)CCCC(=O)[O-].[Na+]. The Kier molecular flexibility index (Phi) is 12.2. The maximum atomic E-state index is 11.0. The van der Waals surface area contributed by atoms with E-state index in [2.05, 4.69) is 11.3 Å². The van der Waals surface area contributed by atoms with Crippen LogP contribution in [-0.2, 0) is 23.9 Å². The molecule has 6 nitrogen and oxygen atoms in total. The summed E-state index contributed by atoms with van der Waals surface area (Å²) in [4.78, 5) is 32.0. The van der Waals surface area contributed by atoms with E-state index in [1.54, 1.807) is 0 Å². The zero-order valence-electron chi connectivity index (χ0n) is 10.7. The van der Waals surface area contributed by atoms with Crippen molar-refractivity contribution >= 4 is 17.9 Å². The molecule has 0 heterocycles. The van der Waals surface area contributed by atoms with Gasteiger partial charge in [0.05, 0.1) is 0 Å². The van der Waals surface area contributed by atoms with E-state index in [-0.39, 0.29) is 67.6 Å². The normalized spacial score (nSPS) is 8.94. The van der Waals surface area contributed by atoms with Crippen LogP contribution in [0.1, 0.15) is 26.2 Å². The molecule has 0 rings (SSSR count). The second kappa shape index (κ2) is 11.3. The van der Waals surface area contributed by atoms with E-state index in [1.165, 1.54) is 6.92 Å². The fraction of sp³-hybridized carbons (Fsp3) is 0.545. The molecule has 0 N–H and O–H groups in total. The van der Waals surface area contributed by atoms with Crippen LogP contribution in [-0.4, -0.2) is 31.1 Å². The Morgan fingerprint density at radius 1 is 1.11 bits per heavy atom. The van der Waals surface area contributed by atoms with Gasteiger partial charge in [-0.05, 0) is 19.8 Å². The van der Waals surface area contributed by atoms with Crippen molar-refractivity contribution in [2.75, 3.05) is 13.2 Å². The van der Waals surface area contributed by atoms with Crippen molar-refractivity contribution in [1.82, 2.24) is 0 Å². The molecule has 0 aliphatic rings. The number of carboxylic acid groups (broad SMARTS) is 1. The average molecular weight is 266 g/mol. The number of carbonyl (C=O) groups is 3. The maximum Gasteiger partial charge on any atom is 1.00 e. The Labute approximate surface area is 128 Å². The van der Waals surface area contributed by atoms with Crippen LogP contribution in [0.15, 0.2) is 12.2 Å². The summed E-state index contributed by atoms with van der Waals surface area (Å²) >= 11 is 0. The van der Waals surface area contributed by atoms with Crippen LogP contribution in [0.3, 0.4) is 0 Å². The van der Waals surface area contributed by atoms with E-state index < -0.39 is 17.9 Å². The van der Waals surface area contributed by atoms with Crippen LogP contribution in [0, 0.1) is 0 Å². The molecule has 0 saturated heterocycles. The van der Waals surface area contributed by atoms with Gasteiger partial charge in [0, 0.05) is 18.0 Å². The van der Waals surface area contributed by atoms with Crippen LogP contribution in [0.5, 0.6) is 0 Å². The molecule has 0 amide bonds. The van der Waals surface area contributed by atoms with Gasteiger partial charge in [0.2, 0.25) is 0 Å². The Hall–Kier alpha value is -0.850. The molecule has 0 aliphatic carbocycles. The minimum Gasteiger partial charge on any atom is -0.550 e. The van der Waals surface area contributed by atoms with Crippen molar-refractivity contribution in [3.05, 3.63) is 12.2 Å². The molecule has 0 spiro atoms. The molecule has 0 aromatic rings. The van der Waals surface area contributed by atoms with Gasteiger partial charge in [-0.1, -0.05) is 6.58 Å². The standard InChI is InChI=1S/C11H16O6.Na/c1-8(2)11(15)17-7-6-16-10(14)5-3-4-9(12)13;/h1,3-7H2,2H3,(H,12,13);/q;+1/p-1. The number of carbonyl (C=O) groups excluding carboxylic acids is 3. The minimum atomic E-state index is -1.20. The van der Waals surface area contributed by atoms with Crippen LogP contribution in [0.4, 0.5) is 0 Å². The molecule has 96 valence electrons. The monoisotopic (exact) mass is 266 g/mol. The third kappa shape index (κ3) is 11.6. The number of hydrogen-bond acceptors (Lipinski definition) is 6. The van der Waals surface area contributed by atoms with E-state index in [9.17, 15) is 19.5 Å². The Morgan fingerprint density at radius 3 is 2.17 bits per heavy atom. The summed E-state index contributed by atoms with van der Waals surface area (Å²) in [5, 5.41) is 10.1. The molecule has 0 aromatic carbocycles. The largest absolute Gasteiger partial charge is 1.00 e. The van der Waals surface area contributed by atoms with Crippen molar-refractivity contribution < 1.29 is 58.5 Å². The number of hydrogen-bond donors (Lipinski definition) is 0. The molecule has 0 radical (unpaired) electrons. The molecule has 0 saturated carbocycles. The average Bonchev–Trinajstić information content (AvgIpc) is 2.23. The van der Waals surface area contributed by atoms with Gasteiger partial charge in [-0.15, -0.1) is 0 Å². The summed E-state index contributed by atoms with van der Waals surface area (Å²) in [6.45, 7) is 4.79. The summed E-state index contributed by atoms with van der Waals surface area (Å²) in [5.74, 6) is -2.27. The predicted molar refractivity (Wildman–Crippen MR) is 55.6 cm³/mol. The third-order valence-electron chi connectivity index (χ3n) is 1.69. The molecule has 0 bridgehead atoms. The Bertz CT molecular complexity index is 313. The van der Waals surface area contributed by atoms with E-state index >= 15 is 0 Å². The quantitative estimate of drug-likeness (QED) is 0.196. The molecule has 0 fully saturated rings. The molecule has 18 heavy (non-hydrogen) atoms. The molecule has 0 aliphatic heterocycles. The first-order valence-electron chi connectivity index (χ1n) is 5.11. The van der Waals surface area contributed by atoms with Crippen LogP contribution in [0.2, 0.25) is 0 Å². The van der Waals surface area contributed by atoms with Gasteiger partial charge in [-0.25, -0.2) is 4.79 Å². The molecule has 7 heteroatoms. The van der Waals surface area contributed by atoms with Gasteiger partial charge < -0.3 is 19.4 Å². The van der Waals surface area contributed by atoms with Gasteiger partial charge in [0.15, 0.2) is 0 Å².